The van der Waals surface area contributed by atoms with Gasteiger partial charge in [0.1, 0.15) is 10.6 Å². The third-order valence-electron chi connectivity index (χ3n) is 5.44. The van der Waals surface area contributed by atoms with Gasteiger partial charge in [-0.3, -0.25) is 4.79 Å². The van der Waals surface area contributed by atoms with Crippen molar-refractivity contribution in [2.45, 2.75) is 51.3 Å². The number of benzene rings is 1. The van der Waals surface area contributed by atoms with E-state index in [9.17, 15) is 13.2 Å². The lowest BCUT2D eigenvalue weighted by Crippen LogP contribution is -2.45. The highest BCUT2D eigenvalue weighted by Crippen LogP contribution is 2.29. The largest absolute Gasteiger partial charge is 0.360 e. The first-order chi connectivity index (χ1) is 13.9. The summed E-state index contributed by atoms with van der Waals surface area (Å²) in [6.45, 7) is 6.65. The molecule has 0 unspecified atom stereocenters. The van der Waals surface area contributed by atoms with E-state index in [1.807, 2.05) is 35.2 Å². The van der Waals surface area contributed by atoms with Crippen LogP contribution in [0.1, 0.15) is 44.1 Å². The van der Waals surface area contributed by atoms with Crippen LogP contribution in [0.25, 0.3) is 0 Å². The fourth-order valence-corrected chi connectivity index (χ4v) is 5.59. The first-order valence-electron chi connectivity index (χ1n) is 10.2. The molecule has 0 radical (unpaired) electrons. The zero-order valence-corrected chi connectivity index (χ0v) is 18.1. The maximum atomic E-state index is 13.2. The van der Waals surface area contributed by atoms with Gasteiger partial charge in [0.05, 0.1) is 0 Å². The summed E-state index contributed by atoms with van der Waals surface area (Å²) >= 11 is 0. The van der Waals surface area contributed by atoms with Gasteiger partial charge in [-0.1, -0.05) is 36.7 Å². The molecule has 2 aromatic rings. The number of piperidine rings is 1. The lowest BCUT2D eigenvalue weighted by atomic mass is 9.96. The predicted molar refractivity (Wildman–Crippen MR) is 111 cm³/mol. The van der Waals surface area contributed by atoms with Gasteiger partial charge in [0.15, 0.2) is 5.76 Å². The Balaban J connectivity index is 1.71. The number of nitrogens with zero attached hydrogens (tertiary/aromatic N) is 3. The number of unbranched alkanes of at least 4 members (excludes halogenated alkanes) is 1. The monoisotopic (exact) mass is 419 g/mol. The second kappa shape index (κ2) is 9.09. The van der Waals surface area contributed by atoms with Crippen molar-refractivity contribution in [3.8, 4) is 0 Å². The van der Waals surface area contributed by atoms with Crippen LogP contribution in [0.3, 0.4) is 0 Å². The molecule has 8 heteroatoms. The normalized spacial score (nSPS) is 16.1. The number of carbonyl (C=O) groups is 1. The summed E-state index contributed by atoms with van der Waals surface area (Å²) in [6, 6.07) is 9.69. The Bertz CT molecular complexity index is 913. The van der Waals surface area contributed by atoms with Crippen molar-refractivity contribution < 1.29 is 17.7 Å². The van der Waals surface area contributed by atoms with Crippen LogP contribution < -0.4 is 4.90 Å². The number of amides is 1. The molecule has 1 fully saturated rings. The molecule has 0 atom stereocenters. The molecule has 1 saturated heterocycles. The van der Waals surface area contributed by atoms with E-state index in [2.05, 4.69) is 12.1 Å². The highest BCUT2D eigenvalue weighted by Gasteiger charge is 2.36. The van der Waals surface area contributed by atoms with Gasteiger partial charge in [-0.2, -0.15) is 4.31 Å². The van der Waals surface area contributed by atoms with Crippen LogP contribution in [0, 0.1) is 19.8 Å². The summed E-state index contributed by atoms with van der Waals surface area (Å²) in [6.07, 6.45) is 2.96. The van der Waals surface area contributed by atoms with Crippen LogP contribution in [0.15, 0.2) is 39.8 Å². The first kappa shape index (κ1) is 21.5. The molecule has 0 N–H and O–H groups in total. The number of aryl methyl sites for hydroxylation is 2. The number of carbonyl (C=O) groups excluding carboxylic acids is 1. The minimum absolute atomic E-state index is 0.0824. The molecule has 0 spiro atoms. The lowest BCUT2D eigenvalue weighted by molar-refractivity contribution is -0.123. The standard InChI is InChI=1S/C21H29N3O4S/c1-4-5-13-24(19-9-7-6-8-10-19)21(25)18-11-14-23(15-12-18)29(26,27)20-16(2)22-28-17(20)3/h6-10,18H,4-5,11-15H2,1-3H3. The fraction of sp³-hybridized carbons (Fsp3) is 0.524. The smallest absolute Gasteiger partial charge is 0.248 e. The molecule has 1 aromatic heterocycles. The number of hydrogen-bond acceptors (Lipinski definition) is 5. The molecule has 0 aliphatic carbocycles. The predicted octanol–water partition coefficient (Wildman–Crippen LogP) is 3.53. The Labute approximate surface area is 172 Å². The van der Waals surface area contributed by atoms with Crippen molar-refractivity contribution in [3.05, 3.63) is 41.8 Å². The molecule has 1 aliphatic heterocycles. The second-order valence-electron chi connectivity index (χ2n) is 7.51. The summed E-state index contributed by atoms with van der Waals surface area (Å²) in [5.74, 6) is 0.206. The highest BCUT2D eigenvalue weighted by atomic mass is 32.2. The minimum atomic E-state index is -3.66. The van der Waals surface area contributed by atoms with Crippen molar-refractivity contribution in [2.75, 3.05) is 24.5 Å². The van der Waals surface area contributed by atoms with Crippen molar-refractivity contribution in [2.24, 2.45) is 5.92 Å². The third-order valence-corrected chi connectivity index (χ3v) is 7.58. The van der Waals surface area contributed by atoms with Crippen molar-refractivity contribution in [3.63, 3.8) is 0 Å². The molecule has 158 valence electrons. The van der Waals surface area contributed by atoms with Gasteiger partial charge in [-0.05, 0) is 45.2 Å². The summed E-state index contributed by atoms with van der Waals surface area (Å²) in [4.78, 5) is 15.2. The Morgan fingerprint density at radius 1 is 1.21 bits per heavy atom. The van der Waals surface area contributed by atoms with E-state index in [4.69, 9.17) is 4.52 Å². The second-order valence-corrected chi connectivity index (χ2v) is 9.39. The number of anilines is 1. The number of para-hydroxylation sites is 1. The fourth-order valence-electron chi connectivity index (χ4n) is 3.83. The number of rotatable bonds is 7. The van der Waals surface area contributed by atoms with Gasteiger partial charge in [-0.25, -0.2) is 8.42 Å². The van der Waals surface area contributed by atoms with Gasteiger partial charge < -0.3 is 9.42 Å². The van der Waals surface area contributed by atoms with E-state index < -0.39 is 10.0 Å². The Kier molecular flexibility index (Phi) is 6.74. The Hall–Kier alpha value is -2.19. The van der Waals surface area contributed by atoms with Crippen LogP contribution in [-0.4, -0.2) is 43.4 Å². The molecular weight excluding hydrogens is 390 g/mol. The van der Waals surface area contributed by atoms with E-state index in [1.165, 1.54) is 4.31 Å². The molecule has 1 aromatic carbocycles. The molecule has 3 rings (SSSR count). The van der Waals surface area contributed by atoms with Crippen LogP contribution in [0.2, 0.25) is 0 Å². The first-order valence-corrected chi connectivity index (χ1v) is 11.6. The summed E-state index contributed by atoms with van der Waals surface area (Å²) < 4.78 is 32.5. The average molecular weight is 420 g/mol. The maximum absolute atomic E-state index is 13.2. The van der Waals surface area contributed by atoms with E-state index in [1.54, 1.807) is 13.8 Å². The van der Waals surface area contributed by atoms with Crippen LogP contribution in [0.4, 0.5) is 5.69 Å². The van der Waals surface area contributed by atoms with Crippen LogP contribution >= 0.6 is 0 Å². The Morgan fingerprint density at radius 3 is 2.41 bits per heavy atom. The lowest BCUT2D eigenvalue weighted by Gasteiger charge is -2.33. The third kappa shape index (κ3) is 4.53. The van der Waals surface area contributed by atoms with Gasteiger partial charge in [0.2, 0.25) is 15.9 Å². The number of aromatic nitrogens is 1. The van der Waals surface area contributed by atoms with Crippen molar-refractivity contribution in [1.29, 1.82) is 0 Å². The quantitative estimate of drug-likeness (QED) is 0.686. The molecular formula is C21H29N3O4S. The molecule has 0 bridgehead atoms. The average Bonchev–Trinajstić information content (AvgIpc) is 3.08. The van der Waals surface area contributed by atoms with Gasteiger partial charge in [0.25, 0.3) is 0 Å². The molecule has 1 amide bonds. The van der Waals surface area contributed by atoms with Crippen LogP contribution in [-0.2, 0) is 14.8 Å². The maximum Gasteiger partial charge on any atom is 0.248 e. The zero-order chi connectivity index (χ0) is 21.0. The summed E-state index contributed by atoms with van der Waals surface area (Å²) in [5.41, 5.74) is 1.27. The minimum Gasteiger partial charge on any atom is -0.360 e. The van der Waals surface area contributed by atoms with Gasteiger partial charge >= 0.3 is 0 Å². The number of hydrogen-bond donors (Lipinski definition) is 0. The SMILES string of the molecule is CCCCN(C(=O)C1CCN(S(=O)(=O)c2c(C)noc2C)CC1)c1ccccc1. The number of sulfonamides is 1. The van der Waals surface area contributed by atoms with E-state index in [0.29, 0.717) is 43.9 Å². The zero-order valence-electron chi connectivity index (χ0n) is 17.3. The van der Waals surface area contributed by atoms with Crippen molar-refractivity contribution in [1.82, 2.24) is 9.46 Å². The highest BCUT2D eigenvalue weighted by molar-refractivity contribution is 7.89. The summed E-state index contributed by atoms with van der Waals surface area (Å²) in [7, 11) is -3.66. The molecule has 7 nitrogen and oxygen atoms in total. The molecule has 0 saturated carbocycles. The summed E-state index contributed by atoms with van der Waals surface area (Å²) in [5, 5.41) is 3.76. The topological polar surface area (TPSA) is 83.7 Å². The van der Waals surface area contributed by atoms with E-state index in [-0.39, 0.29) is 16.7 Å². The van der Waals surface area contributed by atoms with Gasteiger partial charge in [-0.15, -0.1) is 0 Å². The molecule has 2 heterocycles. The van der Waals surface area contributed by atoms with Crippen LogP contribution in [0.5, 0.6) is 0 Å². The van der Waals surface area contributed by atoms with E-state index >= 15 is 0 Å². The van der Waals surface area contributed by atoms with E-state index in [0.717, 1.165) is 18.5 Å². The Morgan fingerprint density at radius 2 is 1.86 bits per heavy atom. The molecule has 1 aliphatic rings. The molecule has 29 heavy (non-hydrogen) atoms. The van der Waals surface area contributed by atoms with Crippen molar-refractivity contribution >= 4 is 21.6 Å². The van der Waals surface area contributed by atoms with Gasteiger partial charge in [0, 0.05) is 31.2 Å².